The fraction of sp³-hybridized carbons (Fsp3) is 0.455. The van der Waals surface area contributed by atoms with Crippen LogP contribution in [0.4, 0.5) is 11.4 Å². The van der Waals surface area contributed by atoms with Gasteiger partial charge in [-0.05, 0) is 44.5 Å². The van der Waals surface area contributed by atoms with Crippen molar-refractivity contribution in [1.82, 2.24) is 0 Å². The van der Waals surface area contributed by atoms with Gasteiger partial charge in [-0.2, -0.15) is 0 Å². The van der Waals surface area contributed by atoms with Crippen LogP contribution in [-0.2, 0) is 9.68 Å². The molecule has 4 heteroatoms. The molecular weight excluding hydrogens is 192 g/mol. The Labute approximate surface area is 90.5 Å². The van der Waals surface area contributed by atoms with Crippen molar-refractivity contribution in [2.24, 2.45) is 0 Å². The molecule has 0 saturated heterocycles. The van der Waals surface area contributed by atoms with Crippen molar-refractivity contribution in [3.63, 3.8) is 0 Å². The Balaban J connectivity index is 2.85. The number of aryl methyl sites for hydroxylation is 1. The number of rotatable bonds is 5. The molecule has 15 heavy (non-hydrogen) atoms. The largest absolute Gasteiger partial charge is 0.399 e. The summed E-state index contributed by atoms with van der Waals surface area (Å²) in [5.41, 5.74) is 8.37. The zero-order valence-electron chi connectivity index (χ0n) is 9.49. The second-order valence-electron chi connectivity index (χ2n) is 3.13. The third kappa shape index (κ3) is 3.11. The monoisotopic (exact) mass is 210 g/mol. The minimum atomic E-state index is 0.559. The molecule has 0 radical (unpaired) electrons. The van der Waals surface area contributed by atoms with E-state index in [0.717, 1.165) is 16.9 Å². The van der Waals surface area contributed by atoms with Crippen molar-refractivity contribution in [2.75, 3.05) is 24.2 Å². The normalized spacial score (nSPS) is 10.3. The fourth-order valence-corrected chi connectivity index (χ4v) is 1.19. The molecule has 0 amide bonds. The summed E-state index contributed by atoms with van der Waals surface area (Å²) in [4.78, 5) is 10.7. The second kappa shape index (κ2) is 5.58. The van der Waals surface area contributed by atoms with Crippen molar-refractivity contribution in [3.8, 4) is 0 Å². The zero-order chi connectivity index (χ0) is 11.3. The first-order valence-electron chi connectivity index (χ1n) is 5.11. The molecule has 0 aliphatic heterocycles. The van der Waals surface area contributed by atoms with E-state index < -0.39 is 0 Å². The fourth-order valence-electron chi connectivity index (χ4n) is 1.19. The highest BCUT2D eigenvalue weighted by molar-refractivity contribution is 5.56. The Morgan fingerprint density at radius 3 is 2.27 bits per heavy atom. The van der Waals surface area contributed by atoms with Gasteiger partial charge in [0.05, 0.1) is 18.9 Å². The Morgan fingerprint density at radius 2 is 1.80 bits per heavy atom. The molecule has 0 heterocycles. The molecule has 1 rings (SSSR count). The molecule has 0 saturated carbocycles. The maximum Gasteiger partial charge on any atom is 0.0951 e. The van der Waals surface area contributed by atoms with Crippen LogP contribution in [0.25, 0.3) is 0 Å². The quantitative estimate of drug-likeness (QED) is 0.598. The Hall–Kier alpha value is -1.26. The summed E-state index contributed by atoms with van der Waals surface area (Å²) in [5.74, 6) is 0. The topological polar surface area (TPSA) is 47.7 Å². The molecule has 1 aromatic carbocycles. The molecule has 0 spiro atoms. The predicted octanol–water partition coefficient (Wildman–Crippen LogP) is 2.29. The van der Waals surface area contributed by atoms with Crippen LogP contribution in [-0.4, -0.2) is 13.2 Å². The van der Waals surface area contributed by atoms with Gasteiger partial charge in [-0.3, -0.25) is 0 Å². The molecule has 0 aliphatic carbocycles. The number of nitrogens with zero attached hydrogens (tertiary/aromatic N) is 1. The molecule has 2 N–H and O–H groups in total. The molecule has 4 nitrogen and oxygen atoms in total. The van der Waals surface area contributed by atoms with Gasteiger partial charge in [-0.15, -0.1) is 5.23 Å². The third-order valence-electron chi connectivity index (χ3n) is 1.96. The maximum absolute atomic E-state index is 5.74. The molecule has 0 aromatic heterocycles. The molecule has 1 aromatic rings. The number of nitrogens with two attached hydrogens (primary N) is 1. The minimum Gasteiger partial charge on any atom is -0.399 e. The molecule has 0 bridgehead atoms. The van der Waals surface area contributed by atoms with Crippen LogP contribution in [0.3, 0.4) is 0 Å². The average molecular weight is 210 g/mol. The highest BCUT2D eigenvalue weighted by Crippen LogP contribution is 2.21. The number of anilines is 2. The van der Waals surface area contributed by atoms with Crippen LogP contribution < -0.4 is 11.0 Å². The lowest BCUT2D eigenvalue weighted by Crippen LogP contribution is -2.24. The molecule has 84 valence electrons. The molecular formula is C11H18N2O2. The highest BCUT2D eigenvalue weighted by Gasteiger charge is 2.07. The number of hydrogen-bond acceptors (Lipinski definition) is 4. The van der Waals surface area contributed by atoms with Gasteiger partial charge in [0.15, 0.2) is 0 Å². The van der Waals surface area contributed by atoms with E-state index in [-0.39, 0.29) is 0 Å². The van der Waals surface area contributed by atoms with Gasteiger partial charge < -0.3 is 5.73 Å². The standard InChI is InChI=1S/C11H18N2O2/c1-4-14-13(15-5-2)10-6-7-11(12)9(3)8-10/h6-8H,4-5,12H2,1-3H3. The summed E-state index contributed by atoms with van der Waals surface area (Å²) < 4.78 is 0. The minimum absolute atomic E-state index is 0.559. The first-order valence-corrected chi connectivity index (χ1v) is 5.11. The third-order valence-corrected chi connectivity index (χ3v) is 1.96. The summed E-state index contributed by atoms with van der Waals surface area (Å²) in [6.45, 7) is 6.90. The highest BCUT2D eigenvalue weighted by atomic mass is 16.9. The summed E-state index contributed by atoms with van der Waals surface area (Å²) in [6.07, 6.45) is 0. The molecule has 0 aliphatic rings. The summed E-state index contributed by atoms with van der Waals surface area (Å²) in [7, 11) is 0. The summed E-state index contributed by atoms with van der Waals surface area (Å²) in [5, 5.41) is 1.42. The van der Waals surface area contributed by atoms with Crippen molar-refractivity contribution >= 4 is 11.4 Å². The lowest BCUT2D eigenvalue weighted by atomic mass is 10.2. The zero-order valence-corrected chi connectivity index (χ0v) is 9.49. The first kappa shape index (κ1) is 11.8. The van der Waals surface area contributed by atoms with E-state index in [1.807, 2.05) is 39.0 Å². The molecule has 0 fully saturated rings. The number of benzene rings is 1. The molecule has 0 atom stereocenters. The van der Waals surface area contributed by atoms with Gasteiger partial charge in [-0.1, -0.05) is 0 Å². The van der Waals surface area contributed by atoms with E-state index in [1.54, 1.807) is 0 Å². The van der Waals surface area contributed by atoms with Crippen LogP contribution in [0.15, 0.2) is 18.2 Å². The predicted molar refractivity (Wildman–Crippen MR) is 61.3 cm³/mol. The SMILES string of the molecule is CCON(OCC)c1ccc(N)c(C)c1. The lowest BCUT2D eigenvalue weighted by Gasteiger charge is -2.21. The van der Waals surface area contributed by atoms with E-state index in [4.69, 9.17) is 15.4 Å². The van der Waals surface area contributed by atoms with Crippen LogP contribution >= 0.6 is 0 Å². The number of hydrogen-bond donors (Lipinski definition) is 1. The van der Waals surface area contributed by atoms with Gasteiger partial charge in [0.25, 0.3) is 0 Å². The van der Waals surface area contributed by atoms with Crippen molar-refractivity contribution in [2.45, 2.75) is 20.8 Å². The second-order valence-corrected chi connectivity index (χ2v) is 3.13. The van der Waals surface area contributed by atoms with E-state index in [0.29, 0.717) is 13.2 Å². The maximum atomic E-state index is 5.74. The van der Waals surface area contributed by atoms with Crippen LogP contribution in [0.2, 0.25) is 0 Å². The van der Waals surface area contributed by atoms with Crippen molar-refractivity contribution in [1.29, 1.82) is 0 Å². The van der Waals surface area contributed by atoms with Crippen molar-refractivity contribution < 1.29 is 9.68 Å². The molecule has 0 unspecified atom stereocenters. The van der Waals surface area contributed by atoms with Gasteiger partial charge in [-0.25, -0.2) is 9.68 Å². The van der Waals surface area contributed by atoms with Gasteiger partial charge in [0, 0.05) is 5.69 Å². The van der Waals surface area contributed by atoms with E-state index in [2.05, 4.69) is 0 Å². The Morgan fingerprint density at radius 1 is 1.20 bits per heavy atom. The average Bonchev–Trinajstić information content (AvgIpc) is 2.22. The van der Waals surface area contributed by atoms with Crippen LogP contribution in [0, 0.1) is 6.92 Å². The van der Waals surface area contributed by atoms with Crippen LogP contribution in [0.1, 0.15) is 19.4 Å². The van der Waals surface area contributed by atoms with E-state index in [9.17, 15) is 0 Å². The smallest absolute Gasteiger partial charge is 0.0951 e. The van der Waals surface area contributed by atoms with Gasteiger partial charge >= 0.3 is 0 Å². The van der Waals surface area contributed by atoms with Crippen molar-refractivity contribution in [3.05, 3.63) is 23.8 Å². The lowest BCUT2D eigenvalue weighted by molar-refractivity contribution is -0.0817. The van der Waals surface area contributed by atoms with Crippen LogP contribution in [0.5, 0.6) is 0 Å². The van der Waals surface area contributed by atoms with Gasteiger partial charge in [0.1, 0.15) is 0 Å². The van der Waals surface area contributed by atoms with E-state index >= 15 is 0 Å². The summed E-state index contributed by atoms with van der Waals surface area (Å²) in [6, 6.07) is 5.64. The Bertz CT molecular complexity index is 309. The van der Waals surface area contributed by atoms with Gasteiger partial charge in [0.2, 0.25) is 0 Å². The summed E-state index contributed by atoms with van der Waals surface area (Å²) >= 11 is 0. The first-order chi connectivity index (χ1) is 7.19. The number of nitrogen functional groups attached to an aromatic ring is 1. The van der Waals surface area contributed by atoms with E-state index in [1.165, 1.54) is 5.23 Å². The Kier molecular flexibility index (Phi) is 4.39.